The highest BCUT2D eigenvalue weighted by molar-refractivity contribution is 6.47. The van der Waals surface area contributed by atoms with Crippen molar-refractivity contribution in [2.24, 2.45) is 5.73 Å². The summed E-state index contributed by atoms with van der Waals surface area (Å²) in [6.07, 6.45) is 1.57. The van der Waals surface area contributed by atoms with Crippen LogP contribution in [-0.4, -0.2) is 22.8 Å². The number of nitrogens with zero attached hydrogens (tertiary/aromatic N) is 3. The van der Waals surface area contributed by atoms with Gasteiger partial charge in [-0.15, -0.1) is 0 Å². The van der Waals surface area contributed by atoms with Crippen LogP contribution in [0.1, 0.15) is 22.8 Å². The molecule has 3 rings (SSSR count). The first-order valence-electron chi connectivity index (χ1n) is 8.21. The Morgan fingerprint density at radius 1 is 1.38 bits per heavy atom. The zero-order chi connectivity index (χ0) is 21.5. The highest BCUT2D eigenvalue weighted by Crippen LogP contribution is 2.38. The van der Waals surface area contributed by atoms with Gasteiger partial charge in [-0.05, 0) is 25.1 Å². The molecule has 0 aliphatic rings. The van der Waals surface area contributed by atoms with Crippen molar-refractivity contribution in [3.05, 3.63) is 56.4 Å². The van der Waals surface area contributed by atoms with Gasteiger partial charge < -0.3 is 10.5 Å². The summed E-state index contributed by atoms with van der Waals surface area (Å²) in [7, 11) is 1.28. The lowest BCUT2D eigenvalue weighted by molar-refractivity contribution is 0.0997. The summed E-state index contributed by atoms with van der Waals surface area (Å²) >= 11 is 18.4. The normalized spacial score (nSPS) is 13.1. The molecule has 0 saturated carbocycles. The van der Waals surface area contributed by atoms with Gasteiger partial charge in [-0.1, -0.05) is 34.8 Å². The SMILES string of the molecule is COc1ccc(C(N)=O)c(C(C)(C#N)Cn2cc3c(Cl)cc(Cl)c(Cl)c3n2)c1F. The molecule has 1 unspecified atom stereocenters. The third-order valence-corrected chi connectivity index (χ3v) is 5.65. The average molecular weight is 456 g/mol. The summed E-state index contributed by atoms with van der Waals surface area (Å²) in [6, 6.07) is 6.14. The molecule has 0 spiro atoms. The van der Waals surface area contributed by atoms with Crippen LogP contribution in [0.3, 0.4) is 0 Å². The van der Waals surface area contributed by atoms with Crippen molar-refractivity contribution < 1.29 is 13.9 Å². The predicted molar refractivity (Wildman–Crippen MR) is 109 cm³/mol. The van der Waals surface area contributed by atoms with Crippen molar-refractivity contribution in [3.8, 4) is 11.8 Å². The summed E-state index contributed by atoms with van der Waals surface area (Å²) in [5.74, 6) is -1.83. The van der Waals surface area contributed by atoms with E-state index in [2.05, 4.69) is 11.2 Å². The molecule has 2 N–H and O–H groups in total. The van der Waals surface area contributed by atoms with E-state index in [-0.39, 0.29) is 33.5 Å². The lowest BCUT2D eigenvalue weighted by atomic mass is 9.80. The molecule has 0 fully saturated rings. The highest BCUT2D eigenvalue weighted by Gasteiger charge is 2.36. The number of benzene rings is 2. The second kappa shape index (κ2) is 7.71. The molecule has 0 saturated heterocycles. The van der Waals surface area contributed by atoms with Gasteiger partial charge in [0.05, 0.1) is 34.8 Å². The molecule has 10 heteroatoms. The van der Waals surface area contributed by atoms with E-state index >= 15 is 4.39 Å². The number of amides is 1. The Kier molecular flexibility index (Phi) is 5.63. The van der Waals surface area contributed by atoms with Gasteiger partial charge in [-0.3, -0.25) is 9.48 Å². The number of nitriles is 1. The fourth-order valence-electron chi connectivity index (χ4n) is 3.16. The Morgan fingerprint density at radius 3 is 2.66 bits per heavy atom. The fraction of sp³-hybridized carbons (Fsp3) is 0.211. The maximum absolute atomic E-state index is 15.1. The Bertz CT molecular complexity index is 1190. The van der Waals surface area contributed by atoms with E-state index in [1.54, 1.807) is 6.20 Å². The van der Waals surface area contributed by atoms with Gasteiger partial charge in [0.2, 0.25) is 5.91 Å². The number of carbonyl (C=O) groups is 1. The van der Waals surface area contributed by atoms with Gasteiger partial charge in [0.25, 0.3) is 0 Å². The first-order chi connectivity index (χ1) is 13.6. The molecule has 1 atom stereocenters. The van der Waals surface area contributed by atoms with E-state index in [1.165, 1.54) is 36.9 Å². The Labute approximate surface area is 180 Å². The van der Waals surface area contributed by atoms with Gasteiger partial charge in [0.1, 0.15) is 10.9 Å². The van der Waals surface area contributed by atoms with Crippen molar-refractivity contribution in [2.75, 3.05) is 7.11 Å². The Morgan fingerprint density at radius 2 is 2.07 bits per heavy atom. The van der Waals surface area contributed by atoms with Crippen LogP contribution >= 0.6 is 34.8 Å². The minimum Gasteiger partial charge on any atom is -0.494 e. The van der Waals surface area contributed by atoms with Crippen LogP contribution in [0, 0.1) is 17.1 Å². The quantitative estimate of drug-likeness (QED) is 0.563. The molecule has 3 aromatic rings. The van der Waals surface area contributed by atoms with Crippen molar-refractivity contribution in [1.82, 2.24) is 9.78 Å². The van der Waals surface area contributed by atoms with Crippen LogP contribution in [0.25, 0.3) is 10.9 Å². The van der Waals surface area contributed by atoms with Crippen molar-refractivity contribution in [2.45, 2.75) is 18.9 Å². The van der Waals surface area contributed by atoms with E-state index < -0.39 is 17.1 Å². The molecule has 6 nitrogen and oxygen atoms in total. The number of rotatable bonds is 5. The molecule has 0 aliphatic carbocycles. The molecule has 0 aliphatic heterocycles. The number of fused-ring (bicyclic) bond motifs is 1. The van der Waals surface area contributed by atoms with Gasteiger partial charge >= 0.3 is 0 Å². The summed E-state index contributed by atoms with van der Waals surface area (Å²) < 4.78 is 21.5. The number of hydrogen-bond acceptors (Lipinski definition) is 4. The van der Waals surface area contributed by atoms with E-state index in [0.717, 1.165) is 0 Å². The van der Waals surface area contributed by atoms with Crippen molar-refractivity contribution in [3.63, 3.8) is 0 Å². The van der Waals surface area contributed by atoms with E-state index in [1.807, 2.05) is 0 Å². The minimum atomic E-state index is -1.52. The summed E-state index contributed by atoms with van der Waals surface area (Å²) in [5.41, 5.74) is 3.93. The zero-order valence-corrected chi connectivity index (χ0v) is 17.5. The summed E-state index contributed by atoms with van der Waals surface area (Å²) in [4.78, 5) is 11.9. The van der Waals surface area contributed by atoms with Crippen LogP contribution in [0.5, 0.6) is 5.75 Å². The maximum atomic E-state index is 15.1. The largest absolute Gasteiger partial charge is 0.494 e. The number of primary amides is 1. The third kappa shape index (κ3) is 3.60. The molecule has 0 radical (unpaired) electrons. The molecule has 150 valence electrons. The van der Waals surface area contributed by atoms with Crippen LogP contribution in [-0.2, 0) is 12.0 Å². The third-order valence-electron chi connectivity index (χ3n) is 4.56. The standard InChI is InChI=1S/C19H14Cl3FN4O2/c1-19(7-24,14-9(18(25)28)3-4-13(29-2)16(14)23)8-27-6-10-11(20)5-12(21)15(22)17(10)26-27/h3-6H,8H2,1-2H3,(H2,25,28). The maximum Gasteiger partial charge on any atom is 0.249 e. The lowest BCUT2D eigenvalue weighted by Gasteiger charge is -2.25. The molecular formula is C19H14Cl3FN4O2. The number of carbonyl (C=O) groups excluding carboxylic acids is 1. The monoisotopic (exact) mass is 454 g/mol. The Balaban J connectivity index is 2.19. The highest BCUT2D eigenvalue weighted by atomic mass is 35.5. The minimum absolute atomic E-state index is 0.116. The summed E-state index contributed by atoms with van der Waals surface area (Å²) in [5, 5.41) is 15.5. The first kappa shape index (κ1) is 21.2. The number of methoxy groups -OCH3 is 1. The molecular weight excluding hydrogens is 442 g/mol. The van der Waals surface area contributed by atoms with E-state index in [9.17, 15) is 10.1 Å². The number of nitrogens with two attached hydrogens (primary N) is 1. The van der Waals surface area contributed by atoms with Crippen molar-refractivity contribution in [1.29, 1.82) is 5.26 Å². The van der Waals surface area contributed by atoms with E-state index in [0.29, 0.717) is 15.9 Å². The van der Waals surface area contributed by atoms with Gasteiger partial charge in [-0.25, -0.2) is 4.39 Å². The number of hydrogen-bond donors (Lipinski definition) is 1. The molecule has 1 amide bonds. The van der Waals surface area contributed by atoms with E-state index in [4.69, 9.17) is 45.3 Å². The molecule has 0 bridgehead atoms. The van der Waals surface area contributed by atoms with Gasteiger partial charge in [-0.2, -0.15) is 10.4 Å². The van der Waals surface area contributed by atoms with Gasteiger partial charge in [0.15, 0.2) is 11.6 Å². The lowest BCUT2D eigenvalue weighted by Crippen LogP contribution is -2.32. The van der Waals surface area contributed by atoms with Crippen LogP contribution in [0.15, 0.2) is 24.4 Å². The average Bonchev–Trinajstić information content (AvgIpc) is 3.09. The fourth-order valence-corrected chi connectivity index (χ4v) is 3.85. The molecule has 1 aromatic heterocycles. The summed E-state index contributed by atoms with van der Waals surface area (Å²) in [6.45, 7) is 1.35. The first-order valence-corrected chi connectivity index (χ1v) is 9.35. The smallest absolute Gasteiger partial charge is 0.249 e. The molecule has 2 aromatic carbocycles. The molecule has 29 heavy (non-hydrogen) atoms. The van der Waals surface area contributed by atoms with Crippen LogP contribution in [0.4, 0.5) is 4.39 Å². The number of halogens is 4. The van der Waals surface area contributed by atoms with Crippen LogP contribution < -0.4 is 10.5 Å². The Hall–Kier alpha value is -2.53. The topological polar surface area (TPSA) is 93.9 Å². The number of ether oxygens (including phenoxy) is 1. The second-order valence-electron chi connectivity index (χ2n) is 6.56. The predicted octanol–water partition coefficient (Wildman–Crippen LogP) is 4.72. The zero-order valence-electron chi connectivity index (χ0n) is 15.3. The second-order valence-corrected chi connectivity index (χ2v) is 7.75. The van der Waals surface area contributed by atoms with Crippen molar-refractivity contribution >= 4 is 51.6 Å². The number of aromatic nitrogens is 2. The molecule has 1 heterocycles. The van der Waals surface area contributed by atoms with Crippen LogP contribution in [0.2, 0.25) is 15.1 Å². The van der Waals surface area contributed by atoms with Gasteiger partial charge in [0, 0.05) is 22.7 Å².